The molecule has 0 bridgehead atoms. The molecule has 1 fully saturated rings. The van der Waals surface area contributed by atoms with E-state index in [9.17, 15) is 17.2 Å². The minimum Gasteiger partial charge on any atom is -0.316 e. The van der Waals surface area contributed by atoms with E-state index in [0.717, 1.165) is 31.0 Å². The minimum atomic E-state index is -3.59. The standard InChI is InChI=1S/C12H15F2NO2S/c1-15-12(8-2-3-8)7-18(16,17)9-4-5-10(13)11(14)6-9/h4-6,8,12,15H,2-3,7H2,1H3. The van der Waals surface area contributed by atoms with Crippen LogP contribution in [0.15, 0.2) is 23.1 Å². The highest BCUT2D eigenvalue weighted by molar-refractivity contribution is 7.91. The van der Waals surface area contributed by atoms with Crippen molar-refractivity contribution in [1.29, 1.82) is 0 Å². The van der Waals surface area contributed by atoms with E-state index < -0.39 is 21.5 Å². The van der Waals surface area contributed by atoms with E-state index in [-0.39, 0.29) is 16.7 Å². The lowest BCUT2D eigenvalue weighted by Gasteiger charge is -2.15. The molecule has 1 aromatic carbocycles. The molecule has 0 aliphatic heterocycles. The van der Waals surface area contributed by atoms with E-state index in [1.807, 2.05) is 0 Å². The predicted octanol–water partition coefficient (Wildman–Crippen LogP) is 1.74. The van der Waals surface area contributed by atoms with Crippen molar-refractivity contribution >= 4 is 9.84 Å². The summed E-state index contributed by atoms with van der Waals surface area (Å²) in [4.78, 5) is -0.165. The Morgan fingerprint density at radius 3 is 2.50 bits per heavy atom. The Balaban J connectivity index is 2.21. The third-order valence-corrected chi connectivity index (χ3v) is 4.98. The third kappa shape index (κ3) is 2.87. The zero-order valence-corrected chi connectivity index (χ0v) is 10.8. The summed E-state index contributed by atoms with van der Waals surface area (Å²) in [6.07, 6.45) is 2.03. The van der Waals surface area contributed by atoms with Crippen molar-refractivity contribution in [3.05, 3.63) is 29.8 Å². The van der Waals surface area contributed by atoms with E-state index in [2.05, 4.69) is 5.32 Å². The molecule has 3 nitrogen and oxygen atoms in total. The lowest BCUT2D eigenvalue weighted by Crippen LogP contribution is -2.35. The number of nitrogens with one attached hydrogen (secondary N) is 1. The monoisotopic (exact) mass is 275 g/mol. The van der Waals surface area contributed by atoms with Crippen LogP contribution in [-0.4, -0.2) is 27.3 Å². The lowest BCUT2D eigenvalue weighted by molar-refractivity contribution is 0.503. The Labute approximate surface area is 105 Å². The molecule has 0 radical (unpaired) electrons. The normalized spacial score (nSPS) is 17.7. The first kappa shape index (κ1) is 13.4. The predicted molar refractivity (Wildman–Crippen MR) is 64.0 cm³/mol. The largest absolute Gasteiger partial charge is 0.316 e. The van der Waals surface area contributed by atoms with Crippen LogP contribution in [0.4, 0.5) is 8.78 Å². The quantitative estimate of drug-likeness (QED) is 0.833. The summed E-state index contributed by atoms with van der Waals surface area (Å²) >= 11 is 0. The van der Waals surface area contributed by atoms with E-state index in [1.54, 1.807) is 7.05 Å². The highest BCUT2D eigenvalue weighted by Gasteiger charge is 2.34. The number of halogens is 2. The molecule has 0 spiro atoms. The minimum absolute atomic E-state index is 0.0841. The molecule has 6 heteroatoms. The Morgan fingerprint density at radius 1 is 1.33 bits per heavy atom. The van der Waals surface area contributed by atoms with Crippen LogP contribution in [0.25, 0.3) is 0 Å². The highest BCUT2D eigenvalue weighted by Crippen LogP contribution is 2.33. The van der Waals surface area contributed by atoms with Crippen LogP contribution in [0.1, 0.15) is 12.8 Å². The van der Waals surface area contributed by atoms with Gasteiger partial charge in [-0.05, 0) is 44.0 Å². The van der Waals surface area contributed by atoms with Crippen molar-refractivity contribution in [3.63, 3.8) is 0 Å². The summed E-state index contributed by atoms with van der Waals surface area (Å²) in [6.45, 7) is 0. The molecule has 1 saturated carbocycles. The van der Waals surface area contributed by atoms with Crippen LogP contribution >= 0.6 is 0 Å². The molecule has 2 rings (SSSR count). The van der Waals surface area contributed by atoms with Crippen molar-refractivity contribution in [1.82, 2.24) is 5.32 Å². The first-order valence-corrected chi connectivity index (χ1v) is 7.44. The Hall–Kier alpha value is -1.01. The van der Waals surface area contributed by atoms with E-state index in [1.165, 1.54) is 0 Å². The van der Waals surface area contributed by atoms with Crippen molar-refractivity contribution < 1.29 is 17.2 Å². The molecular formula is C12H15F2NO2S. The van der Waals surface area contributed by atoms with Gasteiger partial charge in [-0.2, -0.15) is 0 Å². The Morgan fingerprint density at radius 2 is 2.00 bits per heavy atom. The summed E-state index contributed by atoms with van der Waals surface area (Å²) in [7, 11) is -1.87. The molecular weight excluding hydrogens is 260 g/mol. The number of rotatable bonds is 5. The van der Waals surface area contributed by atoms with Gasteiger partial charge in [0.1, 0.15) is 0 Å². The van der Waals surface area contributed by atoms with Gasteiger partial charge in [0.15, 0.2) is 21.5 Å². The van der Waals surface area contributed by atoms with Crippen LogP contribution in [0.2, 0.25) is 0 Å². The molecule has 1 atom stereocenters. The molecule has 0 aromatic heterocycles. The molecule has 1 N–H and O–H groups in total. The summed E-state index contributed by atoms with van der Waals surface area (Å²) in [5.74, 6) is -1.89. The van der Waals surface area contributed by atoms with E-state index >= 15 is 0 Å². The van der Waals surface area contributed by atoms with Crippen LogP contribution < -0.4 is 5.32 Å². The number of hydrogen-bond donors (Lipinski definition) is 1. The molecule has 100 valence electrons. The third-order valence-electron chi connectivity index (χ3n) is 3.21. The topological polar surface area (TPSA) is 46.2 Å². The molecule has 0 saturated heterocycles. The van der Waals surface area contributed by atoms with Crippen LogP contribution in [0.3, 0.4) is 0 Å². The second-order valence-electron chi connectivity index (χ2n) is 4.59. The first-order valence-electron chi connectivity index (χ1n) is 5.79. The van der Waals surface area contributed by atoms with Gasteiger partial charge < -0.3 is 5.32 Å². The SMILES string of the molecule is CNC(CS(=O)(=O)c1ccc(F)c(F)c1)C1CC1. The van der Waals surface area contributed by atoms with E-state index in [0.29, 0.717) is 5.92 Å². The van der Waals surface area contributed by atoms with Crippen LogP contribution in [-0.2, 0) is 9.84 Å². The van der Waals surface area contributed by atoms with Crippen molar-refractivity contribution in [2.75, 3.05) is 12.8 Å². The maximum Gasteiger partial charge on any atom is 0.180 e. The van der Waals surface area contributed by atoms with Crippen LogP contribution in [0, 0.1) is 17.6 Å². The summed E-state index contributed by atoms with van der Waals surface area (Å²) in [6, 6.07) is 2.56. The first-order chi connectivity index (χ1) is 8.44. The Bertz CT molecular complexity index is 541. The fourth-order valence-corrected chi connectivity index (χ4v) is 3.62. The molecule has 18 heavy (non-hydrogen) atoms. The molecule has 0 amide bonds. The fourth-order valence-electron chi connectivity index (χ4n) is 1.96. The molecule has 0 heterocycles. The van der Waals surface area contributed by atoms with Crippen molar-refractivity contribution in [2.24, 2.45) is 5.92 Å². The van der Waals surface area contributed by atoms with Gasteiger partial charge in [0, 0.05) is 6.04 Å². The van der Waals surface area contributed by atoms with Gasteiger partial charge >= 0.3 is 0 Å². The highest BCUT2D eigenvalue weighted by atomic mass is 32.2. The second kappa shape index (κ2) is 4.93. The van der Waals surface area contributed by atoms with Crippen molar-refractivity contribution in [2.45, 2.75) is 23.8 Å². The lowest BCUT2D eigenvalue weighted by atomic mass is 10.2. The van der Waals surface area contributed by atoms with Gasteiger partial charge in [-0.25, -0.2) is 17.2 Å². The van der Waals surface area contributed by atoms with Crippen LogP contribution in [0.5, 0.6) is 0 Å². The second-order valence-corrected chi connectivity index (χ2v) is 6.62. The van der Waals surface area contributed by atoms with Gasteiger partial charge in [-0.1, -0.05) is 0 Å². The smallest absolute Gasteiger partial charge is 0.180 e. The van der Waals surface area contributed by atoms with Gasteiger partial charge in [-0.3, -0.25) is 0 Å². The summed E-state index contributed by atoms with van der Waals surface area (Å²) < 4.78 is 50.0. The summed E-state index contributed by atoms with van der Waals surface area (Å²) in [5.41, 5.74) is 0. The maximum atomic E-state index is 13.0. The van der Waals surface area contributed by atoms with Gasteiger partial charge in [0.05, 0.1) is 10.6 Å². The molecule has 1 unspecified atom stereocenters. The van der Waals surface area contributed by atoms with Gasteiger partial charge in [-0.15, -0.1) is 0 Å². The van der Waals surface area contributed by atoms with Gasteiger partial charge in [0.25, 0.3) is 0 Å². The average Bonchev–Trinajstić information content (AvgIpc) is 3.13. The zero-order valence-electron chi connectivity index (χ0n) is 9.99. The molecule has 1 aliphatic rings. The molecule has 1 aromatic rings. The maximum absolute atomic E-state index is 13.0. The number of sulfone groups is 1. The van der Waals surface area contributed by atoms with Gasteiger partial charge in [0.2, 0.25) is 0 Å². The Kier molecular flexibility index (Phi) is 3.68. The molecule has 1 aliphatic carbocycles. The zero-order chi connectivity index (χ0) is 13.3. The summed E-state index contributed by atoms with van der Waals surface area (Å²) in [5, 5.41) is 2.97. The number of hydrogen-bond acceptors (Lipinski definition) is 3. The average molecular weight is 275 g/mol. The van der Waals surface area contributed by atoms with E-state index in [4.69, 9.17) is 0 Å². The number of benzene rings is 1. The fraction of sp³-hybridized carbons (Fsp3) is 0.500. The van der Waals surface area contributed by atoms with Crippen molar-refractivity contribution in [3.8, 4) is 0 Å².